The minimum absolute atomic E-state index is 0.0475. The molecule has 2 aromatic rings. The normalized spacial score (nSPS) is 16.1. The maximum absolute atomic E-state index is 13.0. The standard InChI is InChI=1S/C24H24ClNO6S/c1-3-5-8-30-18-7-6-15(9-19(18)29-4-2)10-22-23(27)26(24(28)33-22)13-16-11-20-21(12-17(16)25)32-14-31-20/h6-7,9-12H,3-5,8,13-14H2,1-2H3/b22-10-. The van der Waals surface area contributed by atoms with E-state index >= 15 is 0 Å². The quantitative estimate of drug-likeness (QED) is 0.321. The monoisotopic (exact) mass is 489 g/mol. The third-order valence-corrected chi connectivity index (χ3v) is 6.32. The second-order valence-electron chi connectivity index (χ2n) is 7.41. The first-order chi connectivity index (χ1) is 16.0. The van der Waals surface area contributed by atoms with Gasteiger partial charge in [0.1, 0.15) is 0 Å². The van der Waals surface area contributed by atoms with Crippen molar-refractivity contribution in [3.05, 3.63) is 51.4 Å². The van der Waals surface area contributed by atoms with Crippen LogP contribution in [-0.2, 0) is 11.3 Å². The molecule has 0 bridgehead atoms. The molecule has 0 unspecified atom stereocenters. The van der Waals surface area contributed by atoms with Crippen LogP contribution < -0.4 is 18.9 Å². The van der Waals surface area contributed by atoms with E-state index in [2.05, 4.69) is 6.92 Å². The molecule has 0 radical (unpaired) electrons. The molecule has 2 amide bonds. The lowest BCUT2D eigenvalue weighted by Gasteiger charge is -2.14. The average molecular weight is 490 g/mol. The van der Waals surface area contributed by atoms with Gasteiger partial charge in [-0.2, -0.15) is 0 Å². The van der Waals surface area contributed by atoms with Crippen LogP contribution in [0.3, 0.4) is 0 Å². The number of halogens is 1. The van der Waals surface area contributed by atoms with E-state index in [1.807, 2.05) is 25.1 Å². The van der Waals surface area contributed by atoms with Crippen molar-refractivity contribution in [2.45, 2.75) is 33.2 Å². The summed E-state index contributed by atoms with van der Waals surface area (Å²) < 4.78 is 22.2. The lowest BCUT2D eigenvalue weighted by Crippen LogP contribution is -2.27. The lowest BCUT2D eigenvalue weighted by molar-refractivity contribution is -0.123. The summed E-state index contributed by atoms with van der Waals surface area (Å²) in [6, 6.07) is 8.81. The van der Waals surface area contributed by atoms with Gasteiger partial charge in [0.25, 0.3) is 11.1 Å². The van der Waals surface area contributed by atoms with Crippen molar-refractivity contribution in [3.63, 3.8) is 0 Å². The SMILES string of the molecule is CCCCOc1ccc(/C=C2\SC(=O)N(Cc3cc4c(cc3Cl)OCO4)C2=O)cc1OCC. The van der Waals surface area contributed by atoms with E-state index in [1.54, 1.807) is 18.2 Å². The van der Waals surface area contributed by atoms with Crippen LogP contribution in [-0.4, -0.2) is 36.1 Å². The zero-order valence-corrected chi connectivity index (χ0v) is 20.0. The Labute approximate surface area is 201 Å². The molecule has 0 saturated carbocycles. The van der Waals surface area contributed by atoms with E-state index in [1.165, 1.54) is 4.90 Å². The van der Waals surface area contributed by atoms with Crippen molar-refractivity contribution in [1.82, 2.24) is 4.90 Å². The maximum Gasteiger partial charge on any atom is 0.293 e. The smallest absolute Gasteiger partial charge is 0.293 e. The largest absolute Gasteiger partial charge is 0.490 e. The Morgan fingerprint density at radius 2 is 1.88 bits per heavy atom. The highest BCUT2D eigenvalue weighted by molar-refractivity contribution is 8.18. The first kappa shape index (κ1) is 23.3. The number of benzene rings is 2. The van der Waals surface area contributed by atoms with Crippen molar-refractivity contribution in [2.24, 2.45) is 0 Å². The molecule has 2 aromatic carbocycles. The van der Waals surface area contributed by atoms with Crippen LogP contribution in [0.5, 0.6) is 23.0 Å². The van der Waals surface area contributed by atoms with Gasteiger partial charge in [-0.3, -0.25) is 14.5 Å². The molecular formula is C24H24ClNO6S. The van der Waals surface area contributed by atoms with E-state index in [0.29, 0.717) is 51.7 Å². The summed E-state index contributed by atoms with van der Waals surface area (Å²) >= 11 is 7.22. The van der Waals surface area contributed by atoms with Crippen molar-refractivity contribution in [3.8, 4) is 23.0 Å². The highest BCUT2D eigenvalue weighted by Crippen LogP contribution is 2.40. The first-order valence-electron chi connectivity index (χ1n) is 10.7. The van der Waals surface area contributed by atoms with Crippen molar-refractivity contribution < 1.29 is 28.5 Å². The van der Waals surface area contributed by atoms with E-state index in [9.17, 15) is 9.59 Å². The molecule has 0 atom stereocenters. The van der Waals surface area contributed by atoms with Crippen LogP contribution >= 0.6 is 23.4 Å². The number of hydrogen-bond donors (Lipinski definition) is 0. The van der Waals surface area contributed by atoms with Gasteiger partial charge >= 0.3 is 0 Å². The molecule has 1 fully saturated rings. The Hall–Kier alpha value is -2.84. The molecule has 0 aliphatic carbocycles. The number of ether oxygens (including phenoxy) is 4. The van der Waals surface area contributed by atoms with Gasteiger partial charge in [-0.05, 0) is 60.5 Å². The molecule has 0 N–H and O–H groups in total. The van der Waals surface area contributed by atoms with Crippen LogP contribution in [0.4, 0.5) is 4.79 Å². The van der Waals surface area contributed by atoms with E-state index in [4.69, 9.17) is 30.5 Å². The number of amides is 2. The highest BCUT2D eigenvalue weighted by Gasteiger charge is 2.35. The number of imide groups is 1. The van der Waals surface area contributed by atoms with Crippen molar-refractivity contribution in [2.75, 3.05) is 20.0 Å². The number of hydrogen-bond acceptors (Lipinski definition) is 7. The summed E-state index contributed by atoms with van der Waals surface area (Å²) in [7, 11) is 0. The Morgan fingerprint density at radius 1 is 1.09 bits per heavy atom. The fraction of sp³-hybridized carbons (Fsp3) is 0.333. The van der Waals surface area contributed by atoms with Crippen LogP contribution in [0.15, 0.2) is 35.2 Å². The number of carbonyl (C=O) groups excluding carboxylic acids is 2. The molecule has 2 aliphatic rings. The number of rotatable bonds is 9. The average Bonchev–Trinajstić information content (AvgIpc) is 3.34. The summed E-state index contributed by atoms with van der Waals surface area (Å²) in [4.78, 5) is 27.1. The summed E-state index contributed by atoms with van der Waals surface area (Å²) in [5, 5.41) is 0.0480. The fourth-order valence-electron chi connectivity index (χ4n) is 3.37. The Morgan fingerprint density at radius 3 is 2.64 bits per heavy atom. The molecule has 1 saturated heterocycles. The molecule has 7 nitrogen and oxygen atoms in total. The van der Waals surface area contributed by atoms with E-state index in [0.717, 1.165) is 30.2 Å². The van der Waals surface area contributed by atoms with Crippen LogP contribution in [0.2, 0.25) is 5.02 Å². The lowest BCUT2D eigenvalue weighted by atomic mass is 10.1. The molecule has 4 rings (SSSR count). The zero-order chi connectivity index (χ0) is 23.4. The summed E-state index contributed by atoms with van der Waals surface area (Å²) in [6.07, 6.45) is 3.67. The van der Waals surface area contributed by atoms with Crippen molar-refractivity contribution in [1.29, 1.82) is 0 Å². The summed E-state index contributed by atoms with van der Waals surface area (Å²) in [5.74, 6) is 1.98. The summed E-state index contributed by atoms with van der Waals surface area (Å²) in [5.41, 5.74) is 1.35. The molecule has 9 heteroatoms. The third-order valence-electron chi connectivity index (χ3n) is 5.06. The van der Waals surface area contributed by atoms with E-state index in [-0.39, 0.29) is 24.5 Å². The number of unbranched alkanes of at least 4 members (excludes halogenated alkanes) is 1. The number of thioether (sulfide) groups is 1. The summed E-state index contributed by atoms with van der Waals surface area (Å²) in [6.45, 7) is 5.26. The topological polar surface area (TPSA) is 74.3 Å². The van der Waals surface area contributed by atoms with Crippen LogP contribution in [0.1, 0.15) is 37.8 Å². The number of nitrogens with zero attached hydrogens (tertiary/aromatic N) is 1. The van der Waals surface area contributed by atoms with Gasteiger partial charge in [0.05, 0.1) is 24.7 Å². The molecular weight excluding hydrogens is 466 g/mol. The second kappa shape index (κ2) is 10.4. The molecule has 174 valence electrons. The van der Waals surface area contributed by atoms with Gasteiger partial charge in [-0.15, -0.1) is 0 Å². The minimum Gasteiger partial charge on any atom is -0.490 e. The van der Waals surface area contributed by atoms with Gasteiger partial charge in [-0.25, -0.2) is 0 Å². The van der Waals surface area contributed by atoms with Crippen LogP contribution in [0.25, 0.3) is 6.08 Å². The van der Waals surface area contributed by atoms with Gasteiger partial charge in [0.15, 0.2) is 23.0 Å². The Bertz CT molecular complexity index is 1100. The van der Waals surface area contributed by atoms with Gasteiger partial charge < -0.3 is 18.9 Å². The minimum atomic E-state index is -0.375. The Balaban J connectivity index is 1.52. The molecule has 0 aromatic heterocycles. The molecule has 33 heavy (non-hydrogen) atoms. The second-order valence-corrected chi connectivity index (χ2v) is 8.81. The highest BCUT2D eigenvalue weighted by atomic mass is 35.5. The number of carbonyl (C=O) groups is 2. The third kappa shape index (κ3) is 5.23. The predicted molar refractivity (Wildman–Crippen MR) is 127 cm³/mol. The molecule has 0 spiro atoms. The molecule has 2 heterocycles. The maximum atomic E-state index is 13.0. The van der Waals surface area contributed by atoms with Gasteiger partial charge in [0, 0.05) is 11.1 Å². The molecule has 2 aliphatic heterocycles. The van der Waals surface area contributed by atoms with Gasteiger partial charge in [-0.1, -0.05) is 31.0 Å². The number of fused-ring (bicyclic) bond motifs is 1. The Kier molecular flexibility index (Phi) is 7.35. The van der Waals surface area contributed by atoms with Crippen LogP contribution in [0, 0.1) is 0 Å². The van der Waals surface area contributed by atoms with Gasteiger partial charge in [0.2, 0.25) is 6.79 Å². The van der Waals surface area contributed by atoms with E-state index < -0.39 is 0 Å². The first-order valence-corrected chi connectivity index (χ1v) is 11.9. The fourth-order valence-corrected chi connectivity index (χ4v) is 4.42. The van der Waals surface area contributed by atoms with Crippen molar-refractivity contribution >= 4 is 40.6 Å². The zero-order valence-electron chi connectivity index (χ0n) is 18.4. The predicted octanol–water partition coefficient (Wildman–Crippen LogP) is 5.88.